The molecule has 6 heteroatoms. The maximum atomic E-state index is 12.6. The van der Waals surface area contributed by atoms with Gasteiger partial charge in [-0.25, -0.2) is 4.79 Å². The first-order valence-electron chi connectivity index (χ1n) is 13.4. The molecule has 4 N–H and O–H groups in total. The monoisotopic (exact) mass is 504 g/mol. The number of carbonyl (C=O) groups is 2. The molecular formula is C31H40N2O4. The van der Waals surface area contributed by atoms with Crippen molar-refractivity contribution < 1.29 is 19.1 Å². The van der Waals surface area contributed by atoms with E-state index in [1.165, 1.54) is 38.2 Å². The smallest absolute Gasteiger partial charge is 0.331 e. The van der Waals surface area contributed by atoms with Gasteiger partial charge in [0.25, 0.3) is 0 Å². The van der Waals surface area contributed by atoms with Crippen LogP contribution in [-0.2, 0) is 20.9 Å². The number of rotatable bonds is 13. The highest BCUT2D eigenvalue weighted by Gasteiger charge is 2.27. The molecule has 0 atom stereocenters. The number of unbranched alkanes of at least 4 members (excludes halogenated alkanes) is 4. The van der Waals surface area contributed by atoms with E-state index in [-0.39, 0.29) is 18.5 Å². The number of hydrogen-bond donors (Lipinski definition) is 2. The van der Waals surface area contributed by atoms with Gasteiger partial charge in [-0.2, -0.15) is 0 Å². The first-order valence-corrected chi connectivity index (χ1v) is 13.4. The number of carbonyl (C=O) groups excluding carboxylic acids is 2. The van der Waals surface area contributed by atoms with Gasteiger partial charge in [0.15, 0.2) is 0 Å². The van der Waals surface area contributed by atoms with Gasteiger partial charge in [0.05, 0.1) is 5.92 Å². The van der Waals surface area contributed by atoms with Crippen LogP contribution in [-0.4, -0.2) is 11.9 Å². The molecule has 0 aromatic heterocycles. The number of nitrogen functional groups attached to an aromatic ring is 2. The van der Waals surface area contributed by atoms with Crippen molar-refractivity contribution >= 4 is 29.4 Å². The average molecular weight is 505 g/mol. The standard InChI is InChI=1S/C31H40N2O4/c1-2-3-4-5-6-7-8-23-9-14-25(15-10-23)31(35)37-28-17-11-24(12-18-28)13-20-30(34)36-22-26-21-27(32)16-19-29(26)33/h2,11-13,16-21,23,25H,1,3-10,14-15,22,32-33H2/b20-13+. The summed E-state index contributed by atoms with van der Waals surface area (Å²) in [4.78, 5) is 24.7. The Balaban J connectivity index is 1.36. The summed E-state index contributed by atoms with van der Waals surface area (Å²) >= 11 is 0. The van der Waals surface area contributed by atoms with Gasteiger partial charge in [-0.3, -0.25) is 4.79 Å². The lowest BCUT2D eigenvalue weighted by Gasteiger charge is -2.27. The molecule has 0 bridgehead atoms. The predicted molar refractivity (Wildman–Crippen MR) is 150 cm³/mol. The molecule has 1 saturated carbocycles. The Labute approximate surface area is 220 Å². The van der Waals surface area contributed by atoms with Crippen LogP contribution in [0.2, 0.25) is 0 Å². The number of esters is 2. The van der Waals surface area contributed by atoms with Gasteiger partial charge in [0.2, 0.25) is 0 Å². The second-order valence-electron chi connectivity index (χ2n) is 9.89. The predicted octanol–water partition coefficient (Wildman–Crippen LogP) is 6.85. The highest BCUT2D eigenvalue weighted by Crippen LogP contribution is 2.33. The Morgan fingerprint density at radius 2 is 1.68 bits per heavy atom. The van der Waals surface area contributed by atoms with Crippen molar-refractivity contribution in [3.8, 4) is 5.75 Å². The van der Waals surface area contributed by atoms with Crippen molar-refractivity contribution in [2.45, 2.75) is 70.8 Å². The molecule has 0 heterocycles. The zero-order valence-corrected chi connectivity index (χ0v) is 21.7. The third-order valence-corrected chi connectivity index (χ3v) is 7.00. The molecule has 1 fully saturated rings. The van der Waals surface area contributed by atoms with Crippen molar-refractivity contribution in [3.05, 3.63) is 72.3 Å². The zero-order chi connectivity index (χ0) is 26.5. The van der Waals surface area contributed by atoms with Crippen molar-refractivity contribution in [1.29, 1.82) is 0 Å². The van der Waals surface area contributed by atoms with E-state index in [9.17, 15) is 9.59 Å². The van der Waals surface area contributed by atoms with Crippen molar-refractivity contribution in [2.75, 3.05) is 11.5 Å². The first kappa shape index (κ1) is 28.0. The van der Waals surface area contributed by atoms with Gasteiger partial charge in [-0.05, 0) is 86.4 Å². The molecule has 0 saturated heterocycles. The number of benzene rings is 2. The number of allylic oxidation sites excluding steroid dienone is 1. The van der Waals surface area contributed by atoms with Crippen LogP contribution in [0.25, 0.3) is 6.08 Å². The van der Waals surface area contributed by atoms with Crippen molar-refractivity contribution in [3.63, 3.8) is 0 Å². The lowest BCUT2D eigenvalue weighted by molar-refractivity contribution is -0.140. The van der Waals surface area contributed by atoms with Crippen molar-refractivity contribution in [1.82, 2.24) is 0 Å². The molecule has 0 spiro atoms. The summed E-state index contributed by atoms with van der Waals surface area (Å²) in [6, 6.07) is 12.2. The minimum absolute atomic E-state index is 0.0211. The molecule has 198 valence electrons. The van der Waals surface area contributed by atoms with Gasteiger partial charge >= 0.3 is 11.9 Å². The van der Waals surface area contributed by atoms with E-state index in [4.69, 9.17) is 20.9 Å². The van der Waals surface area contributed by atoms with Crippen LogP contribution in [0.15, 0.2) is 61.2 Å². The highest BCUT2D eigenvalue weighted by atomic mass is 16.5. The fourth-order valence-corrected chi connectivity index (χ4v) is 4.72. The normalized spacial score (nSPS) is 17.4. The molecule has 2 aromatic carbocycles. The minimum Gasteiger partial charge on any atom is -0.458 e. The fourth-order valence-electron chi connectivity index (χ4n) is 4.72. The van der Waals surface area contributed by atoms with Gasteiger partial charge in [-0.15, -0.1) is 6.58 Å². The number of ether oxygens (including phenoxy) is 2. The summed E-state index contributed by atoms with van der Waals surface area (Å²) in [6.07, 6.45) is 16.5. The Hall–Kier alpha value is -3.54. The molecule has 0 unspecified atom stereocenters. The van der Waals surface area contributed by atoms with E-state index in [1.807, 2.05) is 6.08 Å². The van der Waals surface area contributed by atoms with E-state index in [0.29, 0.717) is 22.7 Å². The Kier molecular flexibility index (Phi) is 11.3. The van der Waals surface area contributed by atoms with E-state index in [0.717, 1.165) is 43.6 Å². The quantitative estimate of drug-likeness (QED) is 0.0772. The molecule has 1 aliphatic carbocycles. The Morgan fingerprint density at radius 3 is 2.41 bits per heavy atom. The lowest BCUT2D eigenvalue weighted by atomic mass is 9.80. The van der Waals surface area contributed by atoms with Crippen LogP contribution < -0.4 is 16.2 Å². The first-order chi connectivity index (χ1) is 17.9. The summed E-state index contributed by atoms with van der Waals surface area (Å²) in [7, 11) is 0. The van der Waals surface area contributed by atoms with Gasteiger partial charge in [-0.1, -0.05) is 43.9 Å². The third-order valence-electron chi connectivity index (χ3n) is 7.00. The molecule has 0 radical (unpaired) electrons. The largest absolute Gasteiger partial charge is 0.458 e. The molecule has 0 aliphatic heterocycles. The number of nitrogens with two attached hydrogens (primary N) is 2. The maximum absolute atomic E-state index is 12.6. The Bertz CT molecular complexity index is 1050. The Morgan fingerprint density at radius 1 is 0.946 bits per heavy atom. The lowest BCUT2D eigenvalue weighted by Crippen LogP contribution is -2.25. The molecule has 2 aromatic rings. The number of anilines is 2. The molecular weight excluding hydrogens is 464 g/mol. The molecule has 6 nitrogen and oxygen atoms in total. The minimum atomic E-state index is -0.486. The molecule has 37 heavy (non-hydrogen) atoms. The van der Waals surface area contributed by atoms with Crippen LogP contribution >= 0.6 is 0 Å². The third kappa shape index (κ3) is 9.79. The van der Waals surface area contributed by atoms with Crippen LogP contribution in [0, 0.1) is 11.8 Å². The van der Waals surface area contributed by atoms with Crippen LogP contribution in [0.1, 0.15) is 75.3 Å². The van der Waals surface area contributed by atoms with Crippen LogP contribution in [0.4, 0.5) is 11.4 Å². The average Bonchev–Trinajstić information content (AvgIpc) is 2.91. The van der Waals surface area contributed by atoms with E-state index >= 15 is 0 Å². The van der Waals surface area contributed by atoms with E-state index in [2.05, 4.69) is 6.58 Å². The van der Waals surface area contributed by atoms with Gasteiger partial charge < -0.3 is 20.9 Å². The summed E-state index contributed by atoms with van der Waals surface area (Å²) in [5.41, 5.74) is 14.2. The van der Waals surface area contributed by atoms with Gasteiger partial charge in [0, 0.05) is 23.0 Å². The van der Waals surface area contributed by atoms with Crippen molar-refractivity contribution in [2.24, 2.45) is 11.8 Å². The zero-order valence-electron chi connectivity index (χ0n) is 21.7. The van der Waals surface area contributed by atoms with E-state index in [1.54, 1.807) is 48.5 Å². The van der Waals surface area contributed by atoms with E-state index < -0.39 is 5.97 Å². The summed E-state index contributed by atoms with van der Waals surface area (Å²) in [5.74, 6) is 0.608. The summed E-state index contributed by atoms with van der Waals surface area (Å²) in [5, 5.41) is 0. The molecule has 0 amide bonds. The number of hydrogen-bond acceptors (Lipinski definition) is 6. The molecule has 3 rings (SSSR count). The second kappa shape index (κ2) is 14.9. The summed E-state index contributed by atoms with van der Waals surface area (Å²) in [6.45, 7) is 3.82. The van der Waals surface area contributed by atoms with Gasteiger partial charge in [0.1, 0.15) is 12.4 Å². The highest BCUT2D eigenvalue weighted by molar-refractivity contribution is 5.87. The topological polar surface area (TPSA) is 105 Å². The SMILES string of the molecule is C=CCCCCCCC1CCC(C(=O)Oc2ccc(/C=C/C(=O)OCc3cc(N)ccc3N)cc2)CC1. The maximum Gasteiger partial charge on any atom is 0.331 e. The van der Waals surface area contributed by atoms with Crippen LogP contribution in [0.5, 0.6) is 5.75 Å². The summed E-state index contributed by atoms with van der Waals surface area (Å²) < 4.78 is 10.9. The molecule has 1 aliphatic rings. The fraction of sp³-hybridized carbons (Fsp3) is 0.419. The second-order valence-corrected chi connectivity index (χ2v) is 9.89. The van der Waals surface area contributed by atoms with Crippen LogP contribution in [0.3, 0.4) is 0 Å².